The van der Waals surface area contributed by atoms with Gasteiger partial charge in [-0.1, -0.05) is 0 Å². The van der Waals surface area contributed by atoms with Crippen molar-refractivity contribution in [1.29, 1.82) is 0 Å². The van der Waals surface area contributed by atoms with Crippen molar-refractivity contribution in [2.75, 3.05) is 0 Å². The zero-order valence-electron chi connectivity index (χ0n) is 7.08. The van der Waals surface area contributed by atoms with Gasteiger partial charge in [0.05, 0.1) is 0 Å². The van der Waals surface area contributed by atoms with E-state index in [-0.39, 0.29) is 35.5 Å². The van der Waals surface area contributed by atoms with Crippen molar-refractivity contribution in [1.82, 2.24) is 0 Å². The second kappa shape index (κ2) is 16.8. The van der Waals surface area contributed by atoms with Gasteiger partial charge in [-0.2, -0.15) is 49.5 Å². The second-order valence-corrected chi connectivity index (χ2v) is 2.81. The zero-order valence-corrected chi connectivity index (χ0v) is 10.5. The molecule has 0 aliphatic carbocycles. The molecular weight excluding hydrogens is 184 g/mol. The standard InChI is InChI=1S/C6H5.C2H7Si.ClH.Mg/c1-2-4-6-5-3-1;1-3-2;;/h1-5H;3H,1-2H3;1H;/q2*-1;;+2. The first-order chi connectivity index (χ1) is 4.41. The number of hydrogen-bond donors (Lipinski definition) is 0. The van der Waals surface area contributed by atoms with Gasteiger partial charge in [-0.05, 0) is 0 Å². The van der Waals surface area contributed by atoms with Crippen LogP contribution in [0.4, 0.5) is 0 Å². The largest absolute Gasteiger partial charge is 2.00 e. The van der Waals surface area contributed by atoms with Crippen LogP contribution in [-0.4, -0.2) is 32.6 Å². The maximum Gasteiger partial charge on any atom is 2.00 e. The van der Waals surface area contributed by atoms with Crippen molar-refractivity contribution in [3.05, 3.63) is 36.4 Å². The van der Waals surface area contributed by atoms with Crippen LogP contribution in [0, 0.1) is 6.07 Å². The van der Waals surface area contributed by atoms with Crippen LogP contribution in [0.25, 0.3) is 0 Å². The van der Waals surface area contributed by atoms with E-state index < -0.39 is 0 Å². The Bertz CT molecular complexity index is 96.9. The van der Waals surface area contributed by atoms with Gasteiger partial charge in [0.2, 0.25) is 0 Å². The number of hydrogen-bond acceptors (Lipinski definition) is 0. The molecule has 58 valence electrons. The van der Waals surface area contributed by atoms with Gasteiger partial charge < -0.3 is 0 Å². The Morgan fingerprint density at radius 1 is 1.00 bits per heavy atom. The molecule has 0 unspecified atom stereocenters. The third-order valence-corrected chi connectivity index (χ3v) is 0.607. The van der Waals surface area contributed by atoms with E-state index in [0.717, 1.165) is 9.52 Å². The maximum atomic E-state index is 2.89. The molecule has 1 aromatic rings. The van der Waals surface area contributed by atoms with Crippen LogP contribution in [0.2, 0.25) is 13.1 Å². The fourth-order valence-electron chi connectivity index (χ4n) is 0.342. The fourth-order valence-corrected chi connectivity index (χ4v) is 0.342. The van der Waals surface area contributed by atoms with Crippen molar-refractivity contribution in [2.24, 2.45) is 0 Å². The maximum absolute atomic E-state index is 2.89. The molecular formula is C8H13ClMgSi. The van der Waals surface area contributed by atoms with Gasteiger partial charge >= 0.3 is 23.1 Å². The van der Waals surface area contributed by atoms with Crippen LogP contribution < -0.4 is 0 Å². The summed E-state index contributed by atoms with van der Waals surface area (Å²) in [7, 11) is 0.750. The normalized spacial score (nSPS) is 6.00. The summed E-state index contributed by atoms with van der Waals surface area (Å²) < 4.78 is 0. The molecule has 0 N–H and O–H groups in total. The molecule has 0 saturated heterocycles. The SMILES string of the molecule is C[SiH-]C.Cl.[Mg+2].[c-]1ccccc1. The molecule has 0 radical (unpaired) electrons. The molecule has 1 aromatic carbocycles. The summed E-state index contributed by atoms with van der Waals surface area (Å²) >= 11 is 0. The Hall–Kier alpha value is 0.493. The van der Waals surface area contributed by atoms with E-state index in [9.17, 15) is 0 Å². The Balaban J connectivity index is -0.000000116. The van der Waals surface area contributed by atoms with Crippen LogP contribution in [0.3, 0.4) is 0 Å². The van der Waals surface area contributed by atoms with Gasteiger partial charge in [0.25, 0.3) is 0 Å². The van der Waals surface area contributed by atoms with E-state index >= 15 is 0 Å². The molecule has 0 saturated carbocycles. The van der Waals surface area contributed by atoms with E-state index in [1.165, 1.54) is 0 Å². The summed E-state index contributed by atoms with van der Waals surface area (Å²) in [6.45, 7) is 4.42. The van der Waals surface area contributed by atoms with Crippen molar-refractivity contribution in [2.45, 2.75) is 13.1 Å². The van der Waals surface area contributed by atoms with E-state index in [2.05, 4.69) is 19.2 Å². The Labute approximate surface area is 94.2 Å². The van der Waals surface area contributed by atoms with Gasteiger partial charge in [-0.15, -0.1) is 12.4 Å². The molecule has 1 rings (SSSR count). The van der Waals surface area contributed by atoms with E-state index in [0.29, 0.717) is 0 Å². The van der Waals surface area contributed by atoms with E-state index in [1.54, 1.807) is 0 Å². The fraction of sp³-hybridized carbons (Fsp3) is 0.250. The van der Waals surface area contributed by atoms with Crippen LogP contribution in [0.1, 0.15) is 0 Å². The minimum atomic E-state index is 0. The second-order valence-electron chi connectivity index (χ2n) is 1.65. The molecule has 0 bridgehead atoms. The molecule has 0 heterocycles. The molecule has 0 aliphatic rings. The Morgan fingerprint density at radius 2 is 1.36 bits per heavy atom. The Kier molecular flexibility index (Phi) is 26.9. The average molecular weight is 197 g/mol. The third kappa shape index (κ3) is 18.0. The predicted octanol–water partition coefficient (Wildman–Crippen LogP) is 2.05. The summed E-state index contributed by atoms with van der Waals surface area (Å²) in [4.78, 5) is 0. The van der Waals surface area contributed by atoms with Crippen LogP contribution in [0.5, 0.6) is 0 Å². The smallest absolute Gasteiger partial charge is 0.286 e. The van der Waals surface area contributed by atoms with Crippen molar-refractivity contribution >= 4 is 45.0 Å². The molecule has 0 nitrogen and oxygen atoms in total. The van der Waals surface area contributed by atoms with Crippen molar-refractivity contribution < 1.29 is 0 Å². The van der Waals surface area contributed by atoms with Gasteiger partial charge in [0, 0.05) is 0 Å². The quantitative estimate of drug-likeness (QED) is 0.441. The van der Waals surface area contributed by atoms with E-state index in [4.69, 9.17) is 0 Å². The van der Waals surface area contributed by atoms with Crippen molar-refractivity contribution in [3.8, 4) is 0 Å². The summed E-state index contributed by atoms with van der Waals surface area (Å²) in [6.07, 6.45) is 0. The molecule has 11 heavy (non-hydrogen) atoms. The molecule has 0 atom stereocenters. The number of benzene rings is 1. The van der Waals surface area contributed by atoms with Crippen LogP contribution in [-0.2, 0) is 0 Å². The zero-order chi connectivity index (χ0) is 6.95. The minimum absolute atomic E-state index is 0. The van der Waals surface area contributed by atoms with Gasteiger partial charge in [-0.3, -0.25) is 9.52 Å². The Morgan fingerprint density at radius 3 is 1.45 bits per heavy atom. The van der Waals surface area contributed by atoms with Crippen LogP contribution >= 0.6 is 12.4 Å². The molecule has 3 heteroatoms. The summed E-state index contributed by atoms with van der Waals surface area (Å²) in [5.74, 6) is 0. The molecule has 0 aromatic heterocycles. The topological polar surface area (TPSA) is 0 Å². The first-order valence-electron chi connectivity index (χ1n) is 3.07. The molecule has 0 amide bonds. The van der Waals surface area contributed by atoms with Gasteiger partial charge in [0.15, 0.2) is 0 Å². The molecule has 0 aliphatic heterocycles. The predicted molar refractivity (Wildman–Crippen MR) is 57.2 cm³/mol. The average Bonchev–Trinajstić information content (AvgIpc) is 1.93. The summed E-state index contributed by atoms with van der Waals surface area (Å²) in [6, 6.07) is 12.5. The number of halogens is 1. The van der Waals surface area contributed by atoms with Crippen LogP contribution in [0.15, 0.2) is 30.3 Å². The third-order valence-electron chi connectivity index (χ3n) is 0.607. The van der Waals surface area contributed by atoms with Gasteiger partial charge in [-0.25, -0.2) is 0 Å². The first kappa shape index (κ1) is 17.5. The molecule has 0 spiro atoms. The molecule has 0 fully saturated rings. The summed E-state index contributed by atoms with van der Waals surface area (Å²) in [5.41, 5.74) is 0. The van der Waals surface area contributed by atoms with Gasteiger partial charge in [0.1, 0.15) is 0 Å². The van der Waals surface area contributed by atoms with Crippen molar-refractivity contribution in [3.63, 3.8) is 0 Å². The first-order valence-corrected chi connectivity index (χ1v) is 5.37. The minimum Gasteiger partial charge on any atom is -0.286 e. The summed E-state index contributed by atoms with van der Waals surface area (Å²) in [5, 5.41) is 0. The van der Waals surface area contributed by atoms with E-state index in [1.807, 2.05) is 30.3 Å². The number of rotatable bonds is 0. The monoisotopic (exact) mass is 196 g/mol.